The summed E-state index contributed by atoms with van der Waals surface area (Å²) in [5, 5.41) is 9.32. The number of benzene rings is 2. The van der Waals surface area contributed by atoms with E-state index in [0.29, 0.717) is 29.9 Å². The fraction of sp³-hybridized carbons (Fsp3) is 0.160. The predicted octanol–water partition coefficient (Wildman–Crippen LogP) is 5.02. The minimum absolute atomic E-state index is 0.0771. The summed E-state index contributed by atoms with van der Waals surface area (Å²) in [5.74, 6) is -0.235. The first-order chi connectivity index (χ1) is 15.5. The molecular weight excluding hydrogens is 420 g/mol. The Labute approximate surface area is 190 Å². The molecule has 2 amide bonds. The smallest absolute Gasteiger partial charge is 0.258 e. The first kappa shape index (κ1) is 20.2. The maximum Gasteiger partial charge on any atom is 0.258 e. The number of hydrogen-bond acceptors (Lipinski definition) is 4. The van der Waals surface area contributed by atoms with Crippen LogP contribution in [0, 0.1) is 13.8 Å². The fourth-order valence-corrected chi connectivity index (χ4v) is 4.78. The Kier molecular flexibility index (Phi) is 5.11. The summed E-state index contributed by atoms with van der Waals surface area (Å²) in [6, 6.07) is 16.8. The number of carbonyl (C=O) groups is 2. The van der Waals surface area contributed by atoms with Crippen LogP contribution in [0.4, 0.5) is 11.4 Å². The van der Waals surface area contributed by atoms with Crippen molar-refractivity contribution in [2.45, 2.75) is 26.9 Å². The Morgan fingerprint density at radius 2 is 1.81 bits per heavy atom. The highest BCUT2D eigenvalue weighted by Crippen LogP contribution is 2.32. The summed E-state index contributed by atoms with van der Waals surface area (Å²) in [5.41, 5.74) is 5.76. The Morgan fingerprint density at radius 3 is 2.62 bits per heavy atom. The Hall–Kier alpha value is -3.71. The van der Waals surface area contributed by atoms with E-state index in [9.17, 15) is 9.59 Å². The summed E-state index contributed by atoms with van der Waals surface area (Å²) in [7, 11) is 0. The number of thiophene rings is 1. The number of carbonyl (C=O) groups excluding carboxylic acids is 2. The molecule has 0 bridgehead atoms. The molecule has 1 aliphatic rings. The van der Waals surface area contributed by atoms with Gasteiger partial charge in [-0.05, 0) is 67.3 Å². The lowest BCUT2D eigenvalue weighted by Crippen LogP contribution is -2.30. The van der Waals surface area contributed by atoms with Crippen molar-refractivity contribution in [3.8, 4) is 0 Å². The van der Waals surface area contributed by atoms with E-state index in [0.717, 1.165) is 27.4 Å². The van der Waals surface area contributed by atoms with Crippen LogP contribution in [0.5, 0.6) is 0 Å². The average molecular weight is 443 g/mol. The third-order valence-electron chi connectivity index (χ3n) is 5.70. The molecule has 6 nitrogen and oxygen atoms in total. The van der Waals surface area contributed by atoms with Crippen molar-refractivity contribution in [3.05, 3.63) is 99.0 Å². The molecule has 0 atom stereocenters. The lowest BCUT2D eigenvalue weighted by Gasteiger charge is -2.21. The van der Waals surface area contributed by atoms with Crippen LogP contribution in [0.2, 0.25) is 0 Å². The molecule has 32 heavy (non-hydrogen) atoms. The third kappa shape index (κ3) is 3.71. The van der Waals surface area contributed by atoms with Crippen molar-refractivity contribution in [1.29, 1.82) is 0 Å². The fourth-order valence-electron chi connectivity index (χ4n) is 3.92. The van der Waals surface area contributed by atoms with Gasteiger partial charge in [0.1, 0.15) is 0 Å². The molecule has 0 radical (unpaired) electrons. The van der Waals surface area contributed by atoms with Gasteiger partial charge in [0.05, 0.1) is 24.5 Å². The molecular formula is C25H22N4O2S. The van der Waals surface area contributed by atoms with Crippen LogP contribution < -0.4 is 10.2 Å². The zero-order valence-corrected chi connectivity index (χ0v) is 18.6. The third-order valence-corrected chi connectivity index (χ3v) is 6.60. The molecule has 0 fully saturated rings. The van der Waals surface area contributed by atoms with Gasteiger partial charge in [0.15, 0.2) is 0 Å². The zero-order valence-electron chi connectivity index (χ0n) is 17.8. The maximum atomic E-state index is 13.4. The number of aromatic nitrogens is 2. The summed E-state index contributed by atoms with van der Waals surface area (Å²) in [4.78, 5) is 29.0. The van der Waals surface area contributed by atoms with Gasteiger partial charge in [-0.2, -0.15) is 5.10 Å². The van der Waals surface area contributed by atoms with Gasteiger partial charge in [0, 0.05) is 27.9 Å². The first-order valence-corrected chi connectivity index (χ1v) is 11.2. The second kappa shape index (κ2) is 8.09. The molecule has 0 saturated heterocycles. The van der Waals surface area contributed by atoms with E-state index in [4.69, 9.17) is 0 Å². The lowest BCUT2D eigenvalue weighted by atomic mass is 10.0. The normalized spacial score (nSPS) is 12.6. The largest absolute Gasteiger partial charge is 0.322 e. The number of hydrogen-bond donors (Lipinski definition) is 1. The van der Waals surface area contributed by atoms with Gasteiger partial charge in [-0.15, -0.1) is 11.3 Å². The molecule has 0 spiro atoms. The summed E-state index contributed by atoms with van der Waals surface area (Å²) >= 11 is 1.63. The Balaban J connectivity index is 1.37. The van der Waals surface area contributed by atoms with Crippen LogP contribution in [0.25, 0.3) is 0 Å². The minimum Gasteiger partial charge on any atom is -0.322 e. The van der Waals surface area contributed by atoms with Crippen molar-refractivity contribution in [2.24, 2.45) is 0 Å². The van der Waals surface area contributed by atoms with Crippen molar-refractivity contribution in [2.75, 3.05) is 10.2 Å². The van der Waals surface area contributed by atoms with Crippen LogP contribution >= 0.6 is 11.3 Å². The van der Waals surface area contributed by atoms with E-state index in [1.807, 2.05) is 54.2 Å². The molecule has 1 N–H and O–H groups in total. The minimum atomic E-state index is -0.158. The molecule has 7 heteroatoms. The predicted molar refractivity (Wildman–Crippen MR) is 126 cm³/mol. The number of fused-ring (bicyclic) bond motifs is 2. The molecule has 2 aromatic heterocycles. The Morgan fingerprint density at radius 1 is 1.00 bits per heavy atom. The van der Waals surface area contributed by atoms with Crippen LogP contribution in [0.1, 0.15) is 42.4 Å². The number of nitrogens with one attached hydrogen (secondary N) is 1. The van der Waals surface area contributed by atoms with Crippen LogP contribution in [-0.4, -0.2) is 21.6 Å². The maximum absolute atomic E-state index is 13.4. The van der Waals surface area contributed by atoms with Gasteiger partial charge < -0.3 is 10.2 Å². The van der Waals surface area contributed by atoms with Gasteiger partial charge in [-0.3, -0.25) is 14.3 Å². The van der Waals surface area contributed by atoms with Crippen LogP contribution in [-0.2, 0) is 13.1 Å². The molecule has 3 heterocycles. The number of aryl methyl sites for hydroxylation is 2. The van der Waals surface area contributed by atoms with E-state index < -0.39 is 0 Å². The van der Waals surface area contributed by atoms with E-state index in [1.165, 1.54) is 0 Å². The number of rotatable bonds is 3. The molecule has 5 rings (SSSR count). The van der Waals surface area contributed by atoms with Crippen molar-refractivity contribution < 1.29 is 9.59 Å². The second-order valence-corrected chi connectivity index (χ2v) is 8.95. The summed E-state index contributed by atoms with van der Waals surface area (Å²) in [6.45, 7) is 5.02. The quantitative estimate of drug-likeness (QED) is 0.484. The topological polar surface area (TPSA) is 67.2 Å². The highest BCUT2D eigenvalue weighted by molar-refractivity contribution is 7.10. The molecule has 4 aromatic rings. The monoisotopic (exact) mass is 442 g/mol. The highest BCUT2D eigenvalue weighted by Gasteiger charge is 2.26. The zero-order chi connectivity index (χ0) is 22.2. The molecule has 160 valence electrons. The highest BCUT2D eigenvalue weighted by atomic mass is 32.1. The van der Waals surface area contributed by atoms with E-state index in [-0.39, 0.29) is 11.8 Å². The first-order valence-electron chi connectivity index (χ1n) is 10.4. The van der Waals surface area contributed by atoms with Gasteiger partial charge >= 0.3 is 0 Å². The lowest BCUT2D eigenvalue weighted by molar-refractivity contribution is 0.0984. The van der Waals surface area contributed by atoms with Crippen molar-refractivity contribution >= 4 is 34.5 Å². The van der Waals surface area contributed by atoms with E-state index in [2.05, 4.69) is 10.4 Å². The summed E-state index contributed by atoms with van der Waals surface area (Å²) < 4.78 is 1.94. The summed E-state index contributed by atoms with van der Waals surface area (Å²) in [6.07, 6.45) is 1.77. The van der Waals surface area contributed by atoms with Gasteiger partial charge in [-0.25, -0.2) is 0 Å². The van der Waals surface area contributed by atoms with Crippen molar-refractivity contribution in [1.82, 2.24) is 9.78 Å². The number of nitrogens with zero attached hydrogens (tertiary/aromatic N) is 3. The van der Waals surface area contributed by atoms with Crippen molar-refractivity contribution in [3.63, 3.8) is 0 Å². The van der Waals surface area contributed by atoms with E-state index >= 15 is 0 Å². The number of amides is 2. The second-order valence-electron chi connectivity index (χ2n) is 7.95. The molecule has 0 saturated carbocycles. The van der Waals surface area contributed by atoms with Gasteiger partial charge in [-0.1, -0.05) is 17.7 Å². The molecule has 1 aliphatic heterocycles. The van der Waals surface area contributed by atoms with Gasteiger partial charge in [0.25, 0.3) is 11.8 Å². The van der Waals surface area contributed by atoms with Gasteiger partial charge in [0.2, 0.25) is 0 Å². The molecule has 0 unspecified atom stereocenters. The average Bonchev–Trinajstić information content (AvgIpc) is 3.41. The van der Waals surface area contributed by atoms with Crippen LogP contribution in [0.3, 0.4) is 0 Å². The number of anilines is 2. The SMILES string of the molecule is Cc1ccc(C)c(C(=O)Nc2ccc(C(=O)N3Cc4ccnn4Cc4sccc43)cc2)c1. The van der Waals surface area contributed by atoms with E-state index in [1.54, 1.807) is 46.7 Å². The van der Waals surface area contributed by atoms with Crippen LogP contribution in [0.15, 0.2) is 66.2 Å². The standard InChI is InChI=1S/C25H22N4O2S/c1-16-3-4-17(2)21(13-16)24(30)27-19-7-5-18(6-8-19)25(31)28-14-20-9-11-26-29(20)15-23-22(28)10-12-32-23/h3-13H,14-15H2,1-2H3,(H,27,30). The molecule has 0 aliphatic carbocycles. The Bertz CT molecular complexity index is 1320. The molecule has 2 aromatic carbocycles.